The smallest absolute Gasteiger partial charge is 0.341 e. The third kappa shape index (κ3) is 3.96. The van der Waals surface area contributed by atoms with Crippen LogP contribution in [0, 0.1) is 6.92 Å². The lowest BCUT2D eigenvalue weighted by Crippen LogP contribution is -2.47. The van der Waals surface area contributed by atoms with E-state index in [0.717, 1.165) is 11.3 Å². The van der Waals surface area contributed by atoms with Gasteiger partial charge >= 0.3 is 5.97 Å². The Balaban J connectivity index is 1.61. The number of methoxy groups -OCH3 is 1. The fraction of sp³-hybridized carbons (Fsp3) is 0.438. The first-order valence-electron chi connectivity index (χ1n) is 7.96. The minimum absolute atomic E-state index is 0.264. The van der Waals surface area contributed by atoms with Gasteiger partial charge in [-0.25, -0.2) is 13.2 Å². The van der Waals surface area contributed by atoms with Crippen LogP contribution in [0.5, 0.6) is 0 Å². The molecule has 0 spiro atoms. The number of ether oxygens (including phenoxy) is 1. The Hall–Kier alpha value is -1.39. The van der Waals surface area contributed by atoms with E-state index in [9.17, 15) is 13.2 Å². The van der Waals surface area contributed by atoms with Crippen molar-refractivity contribution in [3.8, 4) is 0 Å². The molecule has 0 N–H and O–H groups in total. The number of carbonyl (C=O) groups excluding carboxylic acids is 1. The van der Waals surface area contributed by atoms with Gasteiger partial charge in [0.15, 0.2) is 0 Å². The number of hydrogen-bond donors (Lipinski definition) is 0. The molecular formula is C16H19ClN2O5S2. The van der Waals surface area contributed by atoms with E-state index in [1.165, 1.54) is 17.5 Å². The van der Waals surface area contributed by atoms with Crippen molar-refractivity contribution >= 4 is 38.9 Å². The number of halogens is 1. The number of carbonyl (C=O) groups is 1. The summed E-state index contributed by atoms with van der Waals surface area (Å²) in [5, 5.41) is 0. The standard InChI is InChI=1S/C16H19ClN2O5S2/c1-11-13(16(20)23-2)9-12(24-11)10-18-5-7-19(8-6-18)26(21,22)15-4-3-14(17)25-15/h3-4,9H,5-8,10H2,1-2H3. The SMILES string of the molecule is COC(=O)c1cc(CN2CCN(S(=O)(=O)c3ccc(Cl)s3)CC2)oc1C. The molecule has 10 heteroatoms. The number of furan rings is 1. The number of nitrogens with zero attached hydrogens (tertiary/aromatic N) is 2. The summed E-state index contributed by atoms with van der Waals surface area (Å²) in [5.41, 5.74) is 0.415. The molecule has 7 nitrogen and oxygen atoms in total. The molecule has 2 aromatic heterocycles. The molecular weight excluding hydrogens is 400 g/mol. The lowest BCUT2D eigenvalue weighted by molar-refractivity contribution is 0.0599. The summed E-state index contributed by atoms with van der Waals surface area (Å²) in [4.78, 5) is 13.7. The first-order valence-corrected chi connectivity index (χ1v) is 10.6. The first-order chi connectivity index (χ1) is 12.3. The van der Waals surface area contributed by atoms with Crippen molar-refractivity contribution < 1.29 is 22.4 Å². The number of aryl methyl sites for hydroxylation is 1. The Morgan fingerprint density at radius 1 is 1.31 bits per heavy atom. The second kappa shape index (κ2) is 7.69. The van der Waals surface area contributed by atoms with E-state index in [2.05, 4.69) is 4.90 Å². The molecule has 2 aromatic rings. The summed E-state index contributed by atoms with van der Waals surface area (Å²) in [7, 11) is -2.17. The quantitative estimate of drug-likeness (QED) is 0.694. The molecule has 142 valence electrons. The molecule has 3 heterocycles. The van der Waals surface area contributed by atoms with Crippen molar-refractivity contribution in [3.63, 3.8) is 0 Å². The van der Waals surface area contributed by atoms with Crippen LogP contribution < -0.4 is 0 Å². The predicted molar refractivity (Wildman–Crippen MR) is 98.1 cm³/mol. The number of sulfonamides is 1. The summed E-state index contributed by atoms with van der Waals surface area (Å²) >= 11 is 6.91. The second-order valence-electron chi connectivity index (χ2n) is 5.91. The first kappa shape index (κ1) is 19.4. The van der Waals surface area contributed by atoms with Gasteiger partial charge < -0.3 is 9.15 Å². The van der Waals surface area contributed by atoms with Gasteiger partial charge in [-0.3, -0.25) is 4.90 Å². The predicted octanol–water partition coefficient (Wildman–Crippen LogP) is 2.60. The maximum absolute atomic E-state index is 12.6. The van der Waals surface area contributed by atoms with Crippen LogP contribution in [0.3, 0.4) is 0 Å². The van der Waals surface area contributed by atoms with Crippen molar-refractivity contribution in [1.82, 2.24) is 9.21 Å². The van der Waals surface area contributed by atoms with Gasteiger partial charge in [0.1, 0.15) is 21.3 Å². The lowest BCUT2D eigenvalue weighted by Gasteiger charge is -2.33. The van der Waals surface area contributed by atoms with Gasteiger partial charge in [0, 0.05) is 26.2 Å². The van der Waals surface area contributed by atoms with Gasteiger partial charge in [0.25, 0.3) is 10.0 Å². The van der Waals surface area contributed by atoms with Crippen LogP contribution in [0.25, 0.3) is 0 Å². The number of esters is 1. The Labute approximate surface area is 161 Å². The fourth-order valence-electron chi connectivity index (χ4n) is 2.85. The largest absolute Gasteiger partial charge is 0.465 e. The lowest BCUT2D eigenvalue weighted by atomic mass is 10.2. The third-order valence-electron chi connectivity index (χ3n) is 4.23. The molecule has 0 amide bonds. The minimum atomic E-state index is -3.50. The monoisotopic (exact) mass is 418 g/mol. The summed E-state index contributed by atoms with van der Waals surface area (Å²) in [5.74, 6) is 0.745. The number of thiophene rings is 1. The average Bonchev–Trinajstić information content (AvgIpc) is 3.21. The van der Waals surface area contributed by atoms with Gasteiger partial charge in [-0.15, -0.1) is 11.3 Å². The maximum atomic E-state index is 12.6. The molecule has 3 rings (SSSR count). The summed E-state index contributed by atoms with van der Waals surface area (Å²) < 4.78 is 37.8. The van der Waals surface area contributed by atoms with Crippen molar-refractivity contribution in [2.45, 2.75) is 17.7 Å². The minimum Gasteiger partial charge on any atom is -0.465 e. The van der Waals surface area contributed by atoms with E-state index in [1.807, 2.05) is 0 Å². The van der Waals surface area contributed by atoms with E-state index in [4.69, 9.17) is 20.8 Å². The fourth-order valence-corrected chi connectivity index (χ4v) is 5.91. The Kier molecular flexibility index (Phi) is 5.73. The molecule has 0 bridgehead atoms. The van der Waals surface area contributed by atoms with E-state index < -0.39 is 16.0 Å². The zero-order valence-corrected chi connectivity index (χ0v) is 16.8. The second-order valence-corrected chi connectivity index (χ2v) is 9.79. The van der Waals surface area contributed by atoms with E-state index in [-0.39, 0.29) is 4.21 Å². The number of hydrogen-bond acceptors (Lipinski definition) is 7. The summed E-state index contributed by atoms with van der Waals surface area (Å²) in [6, 6.07) is 4.81. The third-order valence-corrected chi connectivity index (χ3v) is 7.82. The molecule has 1 saturated heterocycles. The van der Waals surface area contributed by atoms with E-state index in [0.29, 0.717) is 54.1 Å². The molecule has 0 aromatic carbocycles. The van der Waals surface area contributed by atoms with Crippen LogP contribution in [0.2, 0.25) is 4.34 Å². The van der Waals surface area contributed by atoms with Crippen LogP contribution in [-0.2, 0) is 21.3 Å². The molecule has 0 aliphatic carbocycles. The van der Waals surface area contributed by atoms with Crippen LogP contribution in [0.15, 0.2) is 26.8 Å². The highest BCUT2D eigenvalue weighted by molar-refractivity contribution is 7.91. The van der Waals surface area contributed by atoms with Gasteiger partial charge in [0.2, 0.25) is 0 Å². The van der Waals surface area contributed by atoms with Crippen molar-refractivity contribution in [1.29, 1.82) is 0 Å². The van der Waals surface area contributed by atoms with Gasteiger partial charge in [-0.05, 0) is 25.1 Å². The molecule has 0 unspecified atom stereocenters. The molecule has 0 saturated carbocycles. The van der Waals surface area contributed by atoms with Crippen LogP contribution >= 0.6 is 22.9 Å². The van der Waals surface area contributed by atoms with Crippen LogP contribution in [-0.4, -0.2) is 56.9 Å². The number of piperazine rings is 1. The Morgan fingerprint density at radius 3 is 2.58 bits per heavy atom. The van der Waals surface area contributed by atoms with Gasteiger partial charge in [-0.1, -0.05) is 11.6 Å². The van der Waals surface area contributed by atoms with E-state index >= 15 is 0 Å². The molecule has 1 aliphatic rings. The number of rotatable bonds is 5. The topological polar surface area (TPSA) is 80.1 Å². The Bertz CT molecular complexity index is 898. The summed E-state index contributed by atoms with van der Waals surface area (Å²) in [6.07, 6.45) is 0. The molecule has 0 radical (unpaired) electrons. The van der Waals surface area contributed by atoms with Crippen LogP contribution in [0.1, 0.15) is 21.9 Å². The zero-order valence-electron chi connectivity index (χ0n) is 14.4. The maximum Gasteiger partial charge on any atom is 0.341 e. The van der Waals surface area contributed by atoms with Crippen LogP contribution in [0.4, 0.5) is 0 Å². The average molecular weight is 419 g/mol. The molecule has 0 atom stereocenters. The zero-order chi connectivity index (χ0) is 18.9. The van der Waals surface area contributed by atoms with Gasteiger partial charge in [0.05, 0.1) is 18.0 Å². The molecule has 1 aliphatic heterocycles. The Morgan fingerprint density at radius 2 is 2.00 bits per heavy atom. The van der Waals surface area contributed by atoms with Crippen molar-refractivity contribution in [2.24, 2.45) is 0 Å². The van der Waals surface area contributed by atoms with Crippen molar-refractivity contribution in [3.05, 3.63) is 39.6 Å². The van der Waals surface area contributed by atoms with Crippen molar-refractivity contribution in [2.75, 3.05) is 33.3 Å². The van der Waals surface area contributed by atoms with Gasteiger partial charge in [-0.2, -0.15) is 4.31 Å². The highest BCUT2D eigenvalue weighted by Crippen LogP contribution is 2.28. The molecule has 1 fully saturated rings. The highest BCUT2D eigenvalue weighted by atomic mass is 35.5. The summed E-state index contributed by atoms with van der Waals surface area (Å²) in [6.45, 7) is 4.16. The normalized spacial score (nSPS) is 16.7. The molecule has 26 heavy (non-hydrogen) atoms. The highest BCUT2D eigenvalue weighted by Gasteiger charge is 2.30. The van der Waals surface area contributed by atoms with E-state index in [1.54, 1.807) is 19.1 Å².